The minimum Gasteiger partial charge on any atom is -0.493 e. The van der Waals surface area contributed by atoms with Crippen LogP contribution in [0.4, 0.5) is 0 Å². The standard InChI is InChI=1S/C29H36N2O9/c1-19(32)22-6-7-23(29-27(22)38-13-14-39-29)40-18-21(33)17-30-9-11-31(12-10-30)26(34)8-5-20-15-24(35-2)28(37-4)25(16-20)36-3/h5-8,15-16,21,33H,9-14,17-18H2,1-4H3/b8-5+/t21-/m0/s1. The monoisotopic (exact) mass is 556 g/mol. The number of carbonyl (C=O) groups excluding carboxylic acids is 2. The Labute approximate surface area is 233 Å². The molecule has 0 saturated carbocycles. The summed E-state index contributed by atoms with van der Waals surface area (Å²) in [5.74, 6) is 2.49. The second-order valence-electron chi connectivity index (χ2n) is 9.41. The van der Waals surface area contributed by atoms with Gasteiger partial charge >= 0.3 is 0 Å². The van der Waals surface area contributed by atoms with Gasteiger partial charge < -0.3 is 38.4 Å². The lowest BCUT2D eigenvalue weighted by Crippen LogP contribution is -2.50. The van der Waals surface area contributed by atoms with Crippen LogP contribution in [0.2, 0.25) is 0 Å². The summed E-state index contributed by atoms with van der Waals surface area (Å²) in [5.41, 5.74) is 1.19. The van der Waals surface area contributed by atoms with Crippen LogP contribution in [0.5, 0.6) is 34.5 Å². The number of Topliss-reactive ketones (excluding diaryl/α,β-unsaturated/α-hetero) is 1. The zero-order chi connectivity index (χ0) is 28.6. The first kappa shape index (κ1) is 29.0. The summed E-state index contributed by atoms with van der Waals surface area (Å²) in [5, 5.41) is 10.6. The van der Waals surface area contributed by atoms with E-state index in [0.29, 0.717) is 86.0 Å². The van der Waals surface area contributed by atoms with Crippen molar-refractivity contribution in [1.82, 2.24) is 9.80 Å². The number of piperazine rings is 1. The Bertz CT molecular complexity index is 1210. The minimum atomic E-state index is -0.755. The highest BCUT2D eigenvalue weighted by Gasteiger charge is 2.25. The molecule has 0 radical (unpaired) electrons. The van der Waals surface area contributed by atoms with Gasteiger partial charge in [-0.3, -0.25) is 14.5 Å². The van der Waals surface area contributed by atoms with Gasteiger partial charge in [-0.25, -0.2) is 0 Å². The Morgan fingerprint density at radius 1 is 0.950 bits per heavy atom. The molecule has 1 N–H and O–H groups in total. The van der Waals surface area contributed by atoms with E-state index in [2.05, 4.69) is 4.90 Å². The second-order valence-corrected chi connectivity index (χ2v) is 9.41. The van der Waals surface area contributed by atoms with Crippen LogP contribution < -0.4 is 28.4 Å². The van der Waals surface area contributed by atoms with E-state index >= 15 is 0 Å². The Morgan fingerprint density at radius 2 is 1.60 bits per heavy atom. The molecule has 0 aromatic heterocycles. The van der Waals surface area contributed by atoms with E-state index in [1.165, 1.54) is 20.1 Å². The molecule has 2 aliphatic heterocycles. The van der Waals surface area contributed by atoms with Crippen LogP contribution >= 0.6 is 0 Å². The number of rotatable bonds is 11. The van der Waals surface area contributed by atoms with Crippen LogP contribution in [0.25, 0.3) is 6.08 Å². The molecule has 1 fully saturated rings. The minimum absolute atomic E-state index is 0.0475. The van der Waals surface area contributed by atoms with Gasteiger partial charge in [-0.2, -0.15) is 0 Å². The lowest BCUT2D eigenvalue weighted by molar-refractivity contribution is -0.127. The number of hydrogen-bond acceptors (Lipinski definition) is 10. The molecule has 0 bridgehead atoms. The maximum absolute atomic E-state index is 12.8. The normalized spacial score (nSPS) is 16.0. The largest absolute Gasteiger partial charge is 0.493 e. The maximum Gasteiger partial charge on any atom is 0.246 e. The third kappa shape index (κ3) is 6.78. The number of nitrogens with zero attached hydrogens (tertiary/aromatic N) is 2. The van der Waals surface area contributed by atoms with Crippen molar-refractivity contribution in [3.63, 3.8) is 0 Å². The van der Waals surface area contributed by atoms with Crippen molar-refractivity contribution in [2.24, 2.45) is 0 Å². The predicted octanol–water partition coefficient (Wildman–Crippen LogP) is 2.28. The Hall–Kier alpha value is -3.96. The van der Waals surface area contributed by atoms with Crippen LogP contribution in [0.3, 0.4) is 0 Å². The van der Waals surface area contributed by atoms with Crippen molar-refractivity contribution in [2.75, 3.05) is 73.9 Å². The fourth-order valence-electron chi connectivity index (χ4n) is 4.66. The topological polar surface area (TPSA) is 116 Å². The van der Waals surface area contributed by atoms with E-state index in [4.69, 9.17) is 28.4 Å². The smallest absolute Gasteiger partial charge is 0.246 e. The molecule has 2 aliphatic rings. The van der Waals surface area contributed by atoms with E-state index in [0.717, 1.165) is 5.56 Å². The highest BCUT2D eigenvalue weighted by atomic mass is 16.6. The molecule has 216 valence electrons. The average Bonchev–Trinajstić information content (AvgIpc) is 2.98. The molecule has 2 aromatic rings. The molecule has 11 heteroatoms. The van der Waals surface area contributed by atoms with E-state index in [1.54, 1.807) is 49.5 Å². The molecule has 2 aromatic carbocycles. The summed E-state index contributed by atoms with van der Waals surface area (Å²) < 4.78 is 33.2. The first-order valence-corrected chi connectivity index (χ1v) is 13.1. The van der Waals surface area contributed by atoms with Gasteiger partial charge in [-0.15, -0.1) is 0 Å². The van der Waals surface area contributed by atoms with E-state index in [1.807, 2.05) is 0 Å². The number of aliphatic hydroxyl groups is 1. The molecule has 2 heterocycles. The third-order valence-corrected chi connectivity index (χ3v) is 6.72. The van der Waals surface area contributed by atoms with Crippen LogP contribution in [0.1, 0.15) is 22.8 Å². The van der Waals surface area contributed by atoms with Gasteiger partial charge in [0.15, 0.2) is 28.8 Å². The van der Waals surface area contributed by atoms with E-state index in [-0.39, 0.29) is 18.3 Å². The molecule has 0 spiro atoms. The number of amides is 1. The lowest BCUT2D eigenvalue weighted by Gasteiger charge is -2.35. The van der Waals surface area contributed by atoms with Crippen LogP contribution in [-0.2, 0) is 4.79 Å². The lowest BCUT2D eigenvalue weighted by atomic mass is 10.1. The van der Waals surface area contributed by atoms with Gasteiger partial charge in [-0.05, 0) is 42.8 Å². The van der Waals surface area contributed by atoms with Gasteiger partial charge in [0.25, 0.3) is 0 Å². The van der Waals surface area contributed by atoms with Gasteiger partial charge in [0.05, 0.1) is 26.9 Å². The highest BCUT2D eigenvalue weighted by molar-refractivity contribution is 5.98. The Kier molecular flexibility index (Phi) is 9.73. The number of ether oxygens (including phenoxy) is 6. The maximum atomic E-state index is 12.8. The van der Waals surface area contributed by atoms with Crippen molar-refractivity contribution in [2.45, 2.75) is 13.0 Å². The zero-order valence-corrected chi connectivity index (χ0v) is 23.3. The number of methoxy groups -OCH3 is 3. The summed E-state index contributed by atoms with van der Waals surface area (Å²) in [7, 11) is 4.63. The SMILES string of the molecule is COc1cc(/C=C/C(=O)N2CCN(C[C@H](O)COc3ccc(C(C)=O)c4c3OCCO4)CC2)cc(OC)c1OC. The molecule has 40 heavy (non-hydrogen) atoms. The summed E-state index contributed by atoms with van der Waals surface area (Å²) in [4.78, 5) is 28.5. The number of benzene rings is 2. The third-order valence-electron chi connectivity index (χ3n) is 6.72. The van der Waals surface area contributed by atoms with Crippen LogP contribution in [-0.4, -0.2) is 107 Å². The predicted molar refractivity (Wildman–Crippen MR) is 147 cm³/mol. The van der Waals surface area contributed by atoms with Gasteiger partial charge in [0.2, 0.25) is 17.4 Å². The van der Waals surface area contributed by atoms with Crippen molar-refractivity contribution < 1.29 is 43.1 Å². The molecular formula is C29H36N2O9. The Balaban J connectivity index is 1.26. The zero-order valence-electron chi connectivity index (χ0n) is 23.3. The van der Waals surface area contributed by atoms with Crippen LogP contribution in [0, 0.1) is 0 Å². The first-order valence-electron chi connectivity index (χ1n) is 13.1. The molecule has 0 aliphatic carbocycles. The van der Waals surface area contributed by atoms with E-state index < -0.39 is 6.10 Å². The molecule has 11 nitrogen and oxygen atoms in total. The van der Waals surface area contributed by atoms with Crippen molar-refractivity contribution in [3.05, 3.63) is 41.5 Å². The highest BCUT2D eigenvalue weighted by Crippen LogP contribution is 2.42. The number of fused-ring (bicyclic) bond motifs is 1. The Morgan fingerprint density at radius 3 is 2.20 bits per heavy atom. The summed E-state index contributed by atoms with van der Waals surface area (Å²) >= 11 is 0. The molecule has 4 rings (SSSR count). The quantitative estimate of drug-likeness (QED) is 0.326. The molecule has 1 amide bonds. The summed E-state index contributed by atoms with van der Waals surface area (Å²) in [6.07, 6.45) is 2.49. The number of carbonyl (C=O) groups is 2. The summed E-state index contributed by atoms with van der Waals surface area (Å²) in [6.45, 7) is 4.95. The molecule has 0 unspecified atom stereocenters. The summed E-state index contributed by atoms with van der Waals surface area (Å²) in [6, 6.07) is 6.86. The second kappa shape index (κ2) is 13.4. The number of ketones is 1. The fourth-order valence-corrected chi connectivity index (χ4v) is 4.66. The fraction of sp³-hybridized carbons (Fsp3) is 0.448. The first-order chi connectivity index (χ1) is 19.3. The number of hydrogen-bond donors (Lipinski definition) is 1. The van der Waals surface area contributed by atoms with Crippen LogP contribution in [0.15, 0.2) is 30.3 Å². The van der Waals surface area contributed by atoms with Gasteiger partial charge in [-0.1, -0.05) is 0 Å². The van der Waals surface area contributed by atoms with Crippen molar-refractivity contribution >= 4 is 17.8 Å². The molecule has 1 saturated heterocycles. The molecular weight excluding hydrogens is 520 g/mol. The van der Waals surface area contributed by atoms with E-state index in [9.17, 15) is 14.7 Å². The van der Waals surface area contributed by atoms with Crippen molar-refractivity contribution in [1.29, 1.82) is 0 Å². The van der Waals surface area contributed by atoms with Gasteiger partial charge in [0.1, 0.15) is 25.9 Å². The number of β-amino-alcohol motifs (C(OH)–C–C–N with tert-alkyl or cyclic N) is 1. The van der Waals surface area contributed by atoms with Crippen molar-refractivity contribution in [3.8, 4) is 34.5 Å². The number of aliphatic hydroxyl groups excluding tert-OH is 1. The van der Waals surface area contributed by atoms with Gasteiger partial charge in [0, 0.05) is 38.8 Å². The average molecular weight is 557 g/mol. The molecule has 1 atom stereocenters.